The van der Waals surface area contributed by atoms with Crippen LogP contribution in [0.1, 0.15) is 12.5 Å². The SMILES string of the molecule is CCOc1cc(/C=C2/SC(=Nc3cccc(Cl)c3Cl)NC2=O)cc(Br)c1OCC(=O)OC. The van der Waals surface area contributed by atoms with Crippen molar-refractivity contribution in [3.8, 4) is 11.5 Å². The van der Waals surface area contributed by atoms with Crippen molar-refractivity contribution >= 4 is 79.7 Å². The first-order valence-electron chi connectivity index (χ1n) is 9.22. The zero-order valence-electron chi connectivity index (χ0n) is 16.9. The highest BCUT2D eigenvalue weighted by Crippen LogP contribution is 2.39. The fourth-order valence-corrected chi connectivity index (χ4v) is 4.33. The summed E-state index contributed by atoms with van der Waals surface area (Å²) in [6.07, 6.45) is 1.69. The number of benzene rings is 2. The normalized spacial score (nSPS) is 15.7. The zero-order valence-corrected chi connectivity index (χ0v) is 20.8. The summed E-state index contributed by atoms with van der Waals surface area (Å²) in [6, 6.07) is 8.55. The van der Waals surface area contributed by atoms with Crippen LogP contribution in [-0.4, -0.2) is 37.4 Å². The van der Waals surface area contributed by atoms with Crippen LogP contribution in [0.25, 0.3) is 6.08 Å². The largest absolute Gasteiger partial charge is 0.490 e. The first-order chi connectivity index (χ1) is 15.3. The van der Waals surface area contributed by atoms with Crippen LogP contribution in [0, 0.1) is 0 Å². The Morgan fingerprint density at radius 3 is 2.78 bits per heavy atom. The molecule has 1 N–H and O–H groups in total. The van der Waals surface area contributed by atoms with E-state index in [1.165, 1.54) is 18.9 Å². The van der Waals surface area contributed by atoms with E-state index in [0.29, 0.717) is 53.9 Å². The Morgan fingerprint density at radius 2 is 2.06 bits per heavy atom. The molecule has 0 spiro atoms. The Hall–Kier alpha value is -2.20. The quantitative estimate of drug-likeness (QED) is 0.351. The summed E-state index contributed by atoms with van der Waals surface area (Å²) in [5.74, 6) is -0.0374. The number of halogens is 3. The van der Waals surface area contributed by atoms with Crippen LogP contribution >= 0.6 is 50.9 Å². The van der Waals surface area contributed by atoms with E-state index in [1.54, 1.807) is 36.4 Å². The van der Waals surface area contributed by atoms with Gasteiger partial charge < -0.3 is 19.5 Å². The van der Waals surface area contributed by atoms with E-state index in [1.807, 2.05) is 6.92 Å². The smallest absolute Gasteiger partial charge is 0.343 e. The lowest BCUT2D eigenvalue weighted by molar-refractivity contribution is -0.142. The van der Waals surface area contributed by atoms with Crippen LogP contribution in [0.3, 0.4) is 0 Å². The third-order valence-electron chi connectivity index (χ3n) is 4.00. The number of hydrogen-bond donors (Lipinski definition) is 1. The summed E-state index contributed by atoms with van der Waals surface area (Å²) < 4.78 is 16.3. The van der Waals surface area contributed by atoms with Crippen molar-refractivity contribution in [1.29, 1.82) is 0 Å². The molecule has 1 fully saturated rings. The molecule has 0 bridgehead atoms. The highest BCUT2D eigenvalue weighted by atomic mass is 79.9. The maximum absolute atomic E-state index is 12.4. The van der Waals surface area contributed by atoms with Crippen molar-refractivity contribution in [3.63, 3.8) is 0 Å². The molecule has 32 heavy (non-hydrogen) atoms. The number of nitrogens with zero attached hydrogens (tertiary/aromatic N) is 1. The number of amidine groups is 1. The minimum absolute atomic E-state index is 0.264. The minimum Gasteiger partial charge on any atom is -0.490 e. The van der Waals surface area contributed by atoms with Gasteiger partial charge in [0.2, 0.25) is 0 Å². The van der Waals surface area contributed by atoms with E-state index in [0.717, 1.165) is 0 Å². The molecule has 0 aliphatic carbocycles. The van der Waals surface area contributed by atoms with Crippen molar-refractivity contribution in [1.82, 2.24) is 5.32 Å². The van der Waals surface area contributed by atoms with E-state index in [-0.39, 0.29) is 12.5 Å². The Balaban J connectivity index is 1.87. The molecular weight excluding hydrogens is 543 g/mol. The number of methoxy groups -OCH3 is 1. The number of carbonyl (C=O) groups is 2. The van der Waals surface area contributed by atoms with E-state index in [9.17, 15) is 9.59 Å². The second-order valence-electron chi connectivity index (χ2n) is 6.18. The van der Waals surface area contributed by atoms with Gasteiger partial charge in [0.25, 0.3) is 5.91 Å². The monoisotopic (exact) mass is 558 g/mol. The fraction of sp³-hybridized carbons (Fsp3) is 0.190. The van der Waals surface area contributed by atoms with Crippen molar-refractivity contribution in [2.24, 2.45) is 4.99 Å². The van der Waals surface area contributed by atoms with Gasteiger partial charge in [0, 0.05) is 0 Å². The number of aliphatic imine (C=N–C) groups is 1. The van der Waals surface area contributed by atoms with Crippen LogP contribution in [0.5, 0.6) is 11.5 Å². The van der Waals surface area contributed by atoms with Gasteiger partial charge in [0.1, 0.15) is 0 Å². The molecule has 11 heteroatoms. The average Bonchev–Trinajstić information content (AvgIpc) is 3.09. The molecule has 0 radical (unpaired) electrons. The van der Waals surface area contributed by atoms with Gasteiger partial charge in [0.05, 0.1) is 38.8 Å². The molecule has 168 valence electrons. The van der Waals surface area contributed by atoms with Crippen molar-refractivity contribution in [2.45, 2.75) is 6.92 Å². The third-order valence-corrected chi connectivity index (χ3v) is 6.30. The summed E-state index contributed by atoms with van der Waals surface area (Å²) in [7, 11) is 1.28. The lowest BCUT2D eigenvalue weighted by Crippen LogP contribution is -2.19. The van der Waals surface area contributed by atoms with Gasteiger partial charge in [-0.25, -0.2) is 9.79 Å². The summed E-state index contributed by atoms with van der Waals surface area (Å²) in [4.78, 5) is 28.7. The van der Waals surface area contributed by atoms with Gasteiger partial charge >= 0.3 is 5.97 Å². The zero-order chi connectivity index (χ0) is 23.3. The fourth-order valence-electron chi connectivity index (χ4n) is 2.58. The average molecular weight is 560 g/mol. The van der Waals surface area contributed by atoms with Crippen molar-refractivity contribution in [3.05, 3.63) is 55.3 Å². The van der Waals surface area contributed by atoms with Crippen molar-refractivity contribution < 1.29 is 23.8 Å². The summed E-state index contributed by atoms with van der Waals surface area (Å²) in [6.45, 7) is 1.94. The van der Waals surface area contributed by atoms with Gasteiger partial charge in [-0.05, 0) is 70.5 Å². The molecule has 1 heterocycles. The molecule has 2 aromatic rings. The molecule has 0 saturated carbocycles. The van der Waals surface area contributed by atoms with Crippen LogP contribution in [0.2, 0.25) is 10.0 Å². The van der Waals surface area contributed by atoms with Crippen LogP contribution < -0.4 is 14.8 Å². The molecule has 7 nitrogen and oxygen atoms in total. The number of hydrogen-bond acceptors (Lipinski definition) is 7. The maximum Gasteiger partial charge on any atom is 0.343 e. The molecule has 1 saturated heterocycles. The van der Waals surface area contributed by atoms with Gasteiger partial charge in [-0.15, -0.1) is 0 Å². The van der Waals surface area contributed by atoms with Gasteiger partial charge in [-0.1, -0.05) is 29.3 Å². The van der Waals surface area contributed by atoms with Crippen molar-refractivity contribution in [2.75, 3.05) is 20.3 Å². The Bertz CT molecular complexity index is 1120. The molecular formula is C21H17BrCl2N2O5S. The molecule has 2 aromatic carbocycles. The van der Waals surface area contributed by atoms with Gasteiger partial charge in [-0.3, -0.25) is 4.79 Å². The maximum atomic E-state index is 12.4. The molecule has 1 amide bonds. The Labute approximate surface area is 207 Å². The predicted octanol–water partition coefficient (Wildman–Crippen LogP) is 5.60. The van der Waals surface area contributed by atoms with Gasteiger partial charge in [0.15, 0.2) is 23.3 Å². The molecule has 0 aromatic heterocycles. The lowest BCUT2D eigenvalue weighted by atomic mass is 10.2. The summed E-state index contributed by atoms with van der Waals surface area (Å²) in [5.41, 5.74) is 1.14. The highest BCUT2D eigenvalue weighted by Gasteiger charge is 2.25. The first kappa shape index (κ1) is 24.4. The third kappa shape index (κ3) is 5.98. The predicted molar refractivity (Wildman–Crippen MR) is 130 cm³/mol. The second-order valence-corrected chi connectivity index (χ2v) is 8.85. The van der Waals surface area contributed by atoms with Crippen LogP contribution in [0.4, 0.5) is 5.69 Å². The molecule has 0 unspecified atom stereocenters. The molecule has 1 aliphatic rings. The number of esters is 1. The number of thioether (sulfide) groups is 1. The topological polar surface area (TPSA) is 86.2 Å². The Kier molecular flexibility index (Phi) is 8.47. The summed E-state index contributed by atoms with van der Waals surface area (Å²) in [5, 5.41) is 3.77. The minimum atomic E-state index is -0.517. The lowest BCUT2D eigenvalue weighted by Gasteiger charge is -2.14. The first-order valence-corrected chi connectivity index (χ1v) is 11.6. The number of nitrogens with one attached hydrogen (secondary N) is 1. The van der Waals surface area contributed by atoms with Gasteiger partial charge in [-0.2, -0.15) is 0 Å². The Morgan fingerprint density at radius 1 is 1.28 bits per heavy atom. The van der Waals surface area contributed by atoms with E-state index in [2.05, 4.69) is 31.0 Å². The number of amides is 1. The van der Waals surface area contributed by atoms with E-state index in [4.69, 9.17) is 32.7 Å². The van der Waals surface area contributed by atoms with Crippen LogP contribution in [-0.2, 0) is 14.3 Å². The molecule has 0 atom stereocenters. The second kappa shape index (κ2) is 11.1. The van der Waals surface area contributed by atoms with E-state index >= 15 is 0 Å². The molecule has 1 aliphatic heterocycles. The van der Waals surface area contributed by atoms with E-state index < -0.39 is 5.97 Å². The molecule has 3 rings (SSSR count). The summed E-state index contributed by atoms with van der Waals surface area (Å²) >= 11 is 16.8. The van der Waals surface area contributed by atoms with Crippen LogP contribution in [0.15, 0.2) is 44.7 Å². The number of rotatable bonds is 7. The number of carbonyl (C=O) groups excluding carboxylic acids is 2. The number of ether oxygens (including phenoxy) is 3. The standard InChI is InChI=1S/C21H17BrCl2N2O5S/c1-3-30-15-8-11(7-12(22)19(15)31-10-17(27)29-2)9-16-20(28)26-21(32-16)25-14-6-4-5-13(23)18(14)24/h4-9H,3,10H2,1-2H3,(H,25,26,28)/b16-9+. The highest BCUT2D eigenvalue weighted by molar-refractivity contribution is 9.10.